The van der Waals surface area contributed by atoms with E-state index in [0.717, 1.165) is 5.33 Å². The van der Waals surface area contributed by atoms with E-state index >= 15 is 0 Å². The molecular weight excluding hydrogens is 200 g/mol. The van der Waals surface area contributed by atoms with E-state index < -0.39 is 0 Å². The highest BCUT2D eigenvalue weighted by atomic mass is 79.9. The van der Waals surface area contributed by atoms with E-state index in [1.54, 1.807) is 6.08 Å². The standard InChI is InChI=1S/C6H7BrO3/c7-2-4-9-5-1-3-10-6(5)8/h1H,2-4H2. The van der Waals surface area contributed by atoms with Crippen molar-refractivity contribution >= 4 is 21.9 Å². The lowest BCUT2D eigenvalue weighted by Crippen LogP contribution is -2.04. The van der Waals surface area contributed by atoms with Gasteiger partial charge in [0.05, 0.1) is 6.61 Å². The molecule has 0 atom stereocenters. The summed E-state index contributed by atoms with van der Waals surface area (Å²) in [5.74, 6) is -0.0274. The fraction of sp³-hybridized carbons (Fsp3) is 0.500. The van der Waals surface area contributed by atoms with Gasteiger partial charge < -0.3 is 9.47 Å². The minimum atomic E-state index is -0.360. The molecule has 0 N–H and O–H groups in total. The number of hydrogen-bond acceptors (Lipinski definition) is 3. The maximum Gasteiger partial charge on any atom is 0.373 e. The fourth-order valence-electron chi connectivity index (χ4n) is 0.614. The molecule has 0 bridgehead atoms. The minimum Gasteiger partial charge on any atom is -0.486 e. The lowest BCUT2D eigenvalue weighted by Gasteiger charge is -1.99. The van der Waals surface area contributed by atoms with Crippen LogP contribution in [0.4, 0.5) is 0 Å². The maximum absolute atomic E-state index is 10.6. The molecule has 3 nitrogen and oxygen atoms in total. The summed E-state index contributed by atoms with van der Waals surface area (Å²) in [4.78, 5) is 10.6. The monoisotopic (exact) mass is 206 g/mol. The van der Waals surface area contributed by atoms with E-state index in [4.69, 9.17) is 4.74 Å². The molecule has 56 valence electrons. The van der Waals surface area contributed by atoms with Gasteiger partial charge in [0.2, 0.25) is 5.76 Å². The van der Waals surface area contributed by atoms with Crippen LogP contribution in [0.15, 0.2) is 11.8 Å². The van der Waals surface area contributed by atoms with Crippen LogP contribution in [0.5, 0.6) is 0 Å². The Bertz CT molecular complexity index is 164. The van der Waals surface area contributed by atoms with Crippen LogP contribution in [-0.2, 0) is 14.3 Å². The number of ether oxygens (including phenoxy) is 2. The lowest BCUT2D eigenvalue weighted by molar-refractivity contribution is -0.139. The Morgan fingerprint density at radius 2 is 2.60 bits per heavy atom. The van der Waals surface area contributed by atoms with Gasteiger partial charge in [0.15, 0.2) is 0 Å². The molecule has 0 unspecified atom stereocenters. The minimum absolute atomic E-state index is 0.333. The largest absolute Gasteiger partial charge is 0.486 e. The van der Waals surface area contributed by atoms with Gasteiger partial charge in [-0.05, 0) is 0 Å². The van der Waals surface area contributed by atoms with Crippen molar-refractivity contribution in [1.29, 1.82) is 0 Å². The van der Waals surface area contributed by atoms with E-state index in [-0.39, 0.29) is 5.97 Å². The second kappa shape index (κ2) is 3.61. The second-order valence-corrected chi connectivity index (χ2v) is 2.50. The Labute approximate surface area is 67.1 Å². The van der Waals surface area contributed by atoms with Crippen molar-refractivity contribution in [1.82, 2.24) is 0 Å². The van der Waals surface area contributed by atoms with Gasteiger partial charge in [-0.2, -0.15) is 0 Å². The van der Waals surface area contributed by atoms with Crippen molar-refractivity contribution in [3.63, 3.8) is 0 Å². The molecule has 1 aliphatic heterocycles. The maximum atomic E-state index is 10.6. The Hall–Kier alpha value is -0.510. The van der Waals surface area contributed by atoms with Crippen LogP contribution in [-0.4, -0.2) is 24.5 Å². The van der Waals surface area contributed by atoms with Crippen LogP contribution in [0.1, 0.15) is 0 Å². The molecule has 4 heteroatoms. The molecule has 1 rings (SSSR count). The molecule has 0 aromatic rings. The number of carbonyl (C=O) groups is 1. The highest BCUT2D eigenvalue weighted by Crippen LogP contribution is 2.07. The fourth-order valence-corrected chi connectivity index (χ4v) is 0.776. The van der Waals surface area contributed by atoms with E-state index in [2.05, 4.69) is 20.7 Å². The number of halogens is 1. The van der Waals surface area contributed by atoms with Crippen molar-refractivity contribution in [2.75, 3.05) is 18.5 Å². The predicted molar refractivity (Wildman–Crippen MR) is 38.8 cm³/mol. The molecule has 0 radical (unpaired) electrons. The molecule has 0 saturated carbocycles. The van der Waals surface area contributed by atoms with Gasteiger partial charge in [0.1, 0.15) is 6.61 Å². The van der Waals surface area contributed by atoms with E-state index in [9.17, 15) is 4.79 Å². The first-order valence-corrected chi connectivity index (χ1v) is 4.03. The third-order valence-electron chi connectivity index (χ3n) is 1.02. The van der Waals surface area contributed by atoms with Crippen LogP contribution in [0.25, 0.3) is 0 Å². The van der Waals surface area contributed by atoms with Gasteiger partial charge in [-0.15, -0.1) is 0 Å². The molecule has 1 aliphatic rings. The normalized spacial score (nSPS) is 16.5. The Kier molecular flexibility index (Phi) is 2.74. The molecule has 0 spiro atoms. The molecule has 0 saturated heterocycles. The van der Waals surface area contributed by atoms with Crippen molar-refractivity contribution in [2.45, 2.75) is 0 Å². The summed E-state index contributed by atoms with van der Waals surface area (Å²) in [5, 5.41) is 0.720. The summed E-state index contributed by atoms with van der Waals surface area (Å²) in [6, 6.07) is 0. The quantitative estimate of drug-likeness (QED) is 0.508. The number of hydrogen-bond donors (Lipinski definition) is 0. The smallest absolute Gasteiger partial charge is 0.373 e. The summed E-state index contributed by atoms with van der Waals surface area (Å²) < 4.78 is 9.59. The topological polar surface area (TPSA) is 35.5 Å². The zero-order chi connectivity index (χ0) is 7.40. The average molecular weight is 207 g/mol. The SMILES string of the molecule is O=C1OCC=C1OCCBr. The van der Waals surface area contributed by atoms with Crippen molar-refractivity contribution in [3.8, 4) is 0 Å². The van der Waals surface area contributed by atoms with Gasteiger partial charge in [0, 0.05) is 11.4 Å². The molecule has 0 fully saturated rings. The summed E-state index contributed by atoms with van der Waals surface area (Å²) in [5.41, 5.74) is 0. The molecular formula is C6H7BrO3. The van der Waals surface area contributed by atoms with Gasteiger partial charge >= 0.3 is 5.97 Å². The number of cyclic esters (lactones) is 1. The number of alkyl halides is 1. The third kappa shape index (κ3) is 1.73. The van der Waals surface area contributed by atoms with Gasteiger partial charge in [0.25, 0.3) is 0 Å². The van der Waals surface area contributed by atoms with Crippen LogP contribution < -0.4 is 0 Å². The van der Waals surface area contributed by atoms with Gasteiger partial charge in [-0.3, -0.25) is 0 Å². The van der Waals surface area contributed by atoms with Crippen molar-refractivity contribution in [2.24, 2.45) is 0 Å². The van der Waals surface area contributed by atoms with E-state index in [1.165, 1.54) is 0 Å². The molecule has 0 aliphatic carbocycles. The number of rotatable bonds is 3. The summed E-state index contributed by atoms with van der Waals surface area (Å²) >= 11 is 3.17. The number of esters is 1. The first-order valence-electron chi connectivity index (χ1n) is 2.90. The Morgan fingerprint density at radius 3 is 3.10 bits per heavy atom. The van der Waals surface area contributed by atoms with Crippen LogP contribution >= 0.6 is 15.9 Å². The summed E-state index contributed by atoms with van der Waals surface area (Å²) in [7, 11) is 0. The first-order chi connectivity index (χ1) is 4.84. The highest BCUT2D eigenvalue weighted by Gasteiger charge is 2.17. The zero-order valence-corrected chi connectivity index (χ0v) is 6.89. The van der Waals surface area contributed by atoms with Crippen LogP contribution in [0.2, 0.25) is 0 Å². The van der Waals surface area contributed by atoms with Gasteiger partial charge in [-0.25, -0.2) is 4.79 Å². The zero-order valence-electron chi connectivity index (χ0n) is 5.30. The molecule has 0 aromatic carbocycles. The summed E-state index contributed by atoms with van der Waals surface area (Å²) in [6.07, 6.45) is 1.63. The molecule has 0 amide bonds. The molecule has 10 heavy (non-hydrogen) atoms. The van der Waals surface area contributed by atoms with Crippen molar-refractivity contribution < 1.29 is 14.3 Å². The van der Waals surface area contributed by atoms with Crippen LogP contribution in [0, 0.1) is 0 Å². The van der Waals surface area contributed by atoms with E-state index in [1.807, 2.05) is 0 Å². The van der Waals surface area contributed by atoms with Crippen LogP contribution in [0.3, 0.4) is 0 Å². The Balaban J connectivity index is 2.33. The first kappa shape index (κ1) is 7.60. The predicted octanol–water partition coefficient (Wildman–Crippen LogP) is 0.839. The number of carbonyl (C=O) groups excluding carboxylic acids is 1. The highest BCUT2D eigenvalue weighted by molar-refractivity contribution is 9.09. The Morgan fingerprint density at radius 1 is 1.80 bits per heavy atom. The summed E-state index contributed by atoms with van der Waals surface area (Å²) in [6.45, 7) is 0.845. The third-order valence-corrected chi connectivity index (χ3v) is 1.34. The van der Waals surface area contributed by atoms with E-state index in [0.29, 0.717) is 19.0 Å². The second-order valence-electron chi connectivity index (χ2n) is 1.70. The molecule has 1 heterocycles. The van der Waals surface area contributed by atoms with Crippen molar-refractivity contribution in [3.05, 3.63) is 11.8 Å². The molecule has 0 aromatic heterocycles. The lowest BCUT2D eigenvalue weighted by atomic mass is 10.5. The average Bonchev–Trinajstić information content (AvgIpc) is 2.31. The van der Waals surface area contributed by atoms with Gasteiger partial charge in [-0.1, -0.05) is 15.9 Å².